The molecule has 1 N–H and O–H groups in total. The number of carbonyl (C=O) groups is 1. The van der Waals surface area contributed by atoms with Crippen molar-refractivity contribution in [3.8, 4) is 0 Å². The zero-order valence-corrected chi connectivity index (χ0v) is 16.8. The number of amides is 1. The second kappa shape index (κ2) is 6.84. The Balaban J connectivity index is 2.25. The molecule has 2 rings (SSSR count). The quantitative estimate of drug-likeness (QED) is 0.765. The summed E-state index contributed by atoms with van der Waals surface area (Å²) >= 11 is 0. The lowest BCUT2D eigenvalue weighted by molar-refractivity contribution is -0.137. The first-order valence-corrected chi connectivity index (χ1v) is 11.3. The lowest BCUT2D eigenvalue weighted by Crippen LogP contribution is -2.45. The molecule has 0 radical (unpaired) electrons. The summed E-state index contributed by atoms with van der Waals surface area (Å²) in [6, 6.07) is 1.30. The number of cyclic esters (lactones) is 1. The highest BCUT2D eigenvalue weighted by molar-refractivity contribution is 6.74. The number of ether oxygens (including phenoxy) is 1. The summed E-state index contributed by atoms with van der Waals surface area (Å²) in [6.45, 7) is 12.0. The van der Waals surface area contributed by atoms with Crippen LogP contribution in [0.5, 0.6) is 0 Å². The number of halogens is 3. The Kier molecular flexibility index (Phi) is 5.45. The van der Waals surface area contributed by atoms with Gasteiger partial charge in [0.15, 0.2) is 14.4 Å². The monoisotopic (exact) mass is 390 g/mol. The Hall–Kier alpha value is -1.61. The van der Waals surface area contributed by atoms with E-state index >= 15 is 0 Å². The van der Waals surface area contributed by atoms with Crippen molar-refractivity contribution in [1.29, 1.82) is 0 Å². The number of nitrogens with one attached hydrogen (secondary N) is 1. The summed E-state index contributed by atoms with van der Waals surface area (Å²) in [7, 11) is -2.08. The number of aryl methyl sites for hydroxylation is 1. The van der Waals surface area contributed by atoms with Gasteiger partial charge in [-0.15, -0.1) is 0 Å². The molecular weight excluding hydrogens is 365 g/mol. The number of pyridine rings is 1. The van der Waals surface area contributed by atoms with Crippen molar-refractivity contribution in [3.05, 3.63) is 29.1 Å². The van der Waals surface area contributed by atoms with Gasteiger partial charge in [-0.2, -0.15) is 13.2 Å². The molecule has 146 valence electrons. The summed E-state index contributed by atoms with van der Waals surface area (Å²) in [4.78, 5) is 15.8. The van der Waals surface area contributed by atoms with Crippen LogP contribution in [0, 0.1) is 6.92 Å². The Morgan fingerprint density at radius 1 is 1.27 bits per heavy atom. The van der Waals surface area contributed by atoms with Gasteiger partial charge in [-0.1, -0.05) is 20.8 Å². The summed E-state index contributed by atoms with van der Waals surface area (Å²) in [5, 5.41) is 2.59. The van der Waals surface area contributed by atoms with Gasteiger partial charge in [-0.05, 0) is 37.2 Å². The van der Waals surface area contributed by atoms with Crippen molar-refractivity contribution in [2.75, 3.05) is 6.61 Å². The second-order valence-corrected chi connectivity index (χ2v) is 12.9. The molecule has 1 aromatic heterocycles. The number of hydrogen-bond acceptors (Lipinski definition) is 4. The molecular formula is C17H25F3N2O3Si. The van der Waals surface area contributed by atoms with E-state index in [1.54, 1.807) is 0 Å². The van der Waals surface area contributed by atoms with Gasteiger partial charge in [0.05, 0.1) is 23.9 Å². The maximum absolute atomic E-state index is 13.1. The van der Waals surface area contributed by atoms with Crippen molar-refractivity contribution in [3.63, 3.8) is 0 Å². The molecule has 1 aliphatic heterocycles. The maximum Gasteiger partial charge on any atom is 0.416 e. The first-order chi connectivity index (χ1) is 11.7. The Labute approximate surface area is 152 Å². The van der Waals surface area contributed by atoms with E-state index in [9.17, 15) is 18.0 Å². The minimum atomic E-state index is -4.49. The first kappa shape index (κ1) is 20.7. The van der Waals surface area contributed by atoms with E-state index in [0.717, 1.165) is 12.1 Å². The van der Waals surface area contributed by atoms with Crippen LogP contribution in [0.15, 0.2) is 12.1 Å². The molecule has 0 aliphatic carbocycles. The molecule has 1 saturated heterocycles. The van der Waals surface area contributed by atoms with Gasteiger partial charge in [-0.3, -0.25) is 4.98 Å². The van der Waals surface area contributed by atoms with Gasteiger partial charge in [0.1, 0.15) is 0 Å². The molecule has 0 spiro atoms. The van der Waals surface area contributed by atoms with E-state index in [1.807, 2.05) is 0 Å². The minimum absolute atomic E-state index is 0.0307. The lowest BCUT2D eigenvalue weighted by Gasteiger charge is -2.37. The third kappa shape index (κ3) is 4.56. The van der Waals surface area contributed by atoms with Crippen LogP contribution in [0.25, 0.3) is 0 Å². The number of alkyl carbamates (subject to hydrolysis) is 1. The molecule has 9 heteroatoms. The molecule has 0 unspecified atom stereocenters. The van der Waals surface area contributed by atoms with Crippen molar-refractivity contribution in [2.45, 2.75) is 64.1 Å². The van der Waals surface area contributed by atoms with Crippen LogP contribution in [-0.2, 0) is 15.3 Å². The van der Waals surface area contributed by atoms with Crippen LogP contribution >= 0.6 is 0 Å². The fourth-order valence-corrected chi connectivity index (χ4v) is 3.40. The highest BCUT2D eigenvalue weighted by Crippen LogP contribution is 2.38. The molecule has 5 nitrogen and oxygen atoms in total. The number of hydrogen-bond donors (Lipinski definition) is 1. The highest BCUT2D eigenvalue weighted by atomic mass is 28.4. The second-order valence-electron chi connectivity index (χ2n) is 8.07. The average molecular weight is 390 g/mol. The Morgan fingerprint density at radius 3 is 2.42 bits per heavy atom. The normalized spacial score (nSPS) is 21.5. The van der Waals surface area contributed by atoms with Gasteiger partial charge >= 0.3 is 12.3 Å². The molecule has 2 atom stereocenters. The van der Waals surface area contributed by atoms with Crippen molar-refractivity contribution < 1.29 is 27.1 Å². The van der Waals surface area contributed by atoms with E-state index in [0.29, 0.717) is 0 Å². The summed E-state index contributed by atoms with van der Waals surface area (Å²) < 4.78 is 50.5. The highest BCUT2D eigenvalue weighted by Gasteiger charge is 2.42. The summed E-state index contributed by atoms with van der Waals surface area (Å²) in [5.74, 6) is 0. The van der Waals surface area contributed by atoms with Gasteiger partial charge < -0.3 is 14.5 Å². The van der Waals surface area contributed by atoms with Crippen LogP contribution in [0.2, 0.25) is 18.1 Å². The van der Waals surface area contributed by atoms with Crippen LogP contribution in [0.1, 0.15) is 43.8 Å². The standard InChI is InChI=1S/C17H25F3N2O3Si/c1-10-7-11(17(18,19)20)8-12(21-10)14-13(22-15(23)25-14)9-24-26(5,6)16(2,3)4/h7-8,13-14H,9H2,1-6H3,(H,22,23)/t13-,14+/m0/s1. The molecule has 1 fully saturated rings. The number of carbonyl (C=O) groups excluding carboxylic acids is 1. The summed E-state index contributed by atoms with van der Waals surface area (Å²) in [5.41, 5.74) is -0.534. The van der Waals surface area contributed by atoms with E-state index in [4.69, 9.17) is 9.16 Å². The van der Waals surface area contributed by atoms with Crippen LogP contribution in [0.4, 0.5) is 18.0 Å². The van der Waals surface area contributed by atoms with Crippen LogP contribution in [-0.4, -0.2) is 32.0 Å². The molecule has 0 saturated carbocycles. The first-order valence-electron chi connectivity index (χ1n) is 8.37. The molecule has 0 bridgehead atoms. The fraction of sp³-hybridized carbons (Fsp3) is 0.647. The van der Waals surface area contributed by atoms with E-state index in [2.05, 4.69) is 44.2 Å². The molecule has 2 heterocycles. The van der Waals surface area contributed by atoms with Gasteiger partial charge in [-0.25, -0.2) is 4.79 Å². The smallest absolute Gasteiger partial charge is 0.416 e. The number of alkyl halides is 3. The number of aromatic nitrogens is 1. The topological polar surface area (TPSA) is 60.5 Å². The predicted octanol–water partition coefficient (Wildman–Crippen LogP) is 4.58. The van der Waals surface area contributed by atoms with Crippen LogP contribution in [0.3, 0.4) is 0 Å². The Bertz CT molecular complexity index is 687. The molecule has 0 aromatic carbocycles. The minimum Gasteiger partial charge on any atom is -0.437 e. The van der Waals surface area contributed by atoms with Gasteiger partial charge in [0.2, 0.25) is 0 Å². The molecule has 1 amide bonds. The van der Waals surface area contributed by atoms with Gasteiger partial charge in [0.25, 0.3) is 0 Å². The lowest BCUT2D eigenvalue weighted by atomic mass is 10.1. The van der Waals surface area contributed by atoms with E-state index < -0.39 is 38.3 Å². The summed E-state index contributed by atoms with van der Waals surface area (Å²) in [6.07, 6.45) is -6.10. The number of rotatable bonds is 4. The zero-order chi connectivity index (χ0) is 19.9. The van der Waals surface area contributed by atoms with Crippen molar-refractivity contribution in [2.24, 2.45) is 0 Å². The number of nitrogens with zero attached hydrogens (tertiary/aromatic N) is 1. The van der Waals surface area contributed by atoms with Gasteiger partial charge in [0, 0.05) is 5.69 Å². The SMILES string of the molecule is Cc1cc(C(F)(F)F)cc([C@H]2OC(=O)N[C@H]2CO[Si](C)(C)C(C)(C)C)n1. The zero-order valence-electron chi connectivity index (χ0n) is 15.8. The fourth-order valence-electron chi connectivity index (χ4n) is 2.37. The van der Waals surface area contributed by atoms with E-state index in [1.165, 1.54) is 6.92 Å². The third-order valence-electron chi connectivity index (χ3n) is 4.92. The van der Waals surface area contributed by atoms with Crippen molar-refractivity contribution in [1.82, 2.24) is 10.3 Å². The van der Waals surface area contributed by atoms with Crippen molar-refractivity contribution >= 4 is 14.4 Å². The molecule has 1 aromatic rings. The largest absolute Gasteiger partial charge is 0.437 e. The molecule has 1 aliphatic rings. The van der Waals surface area contributed by atoms with E-state index in [-0.39, 0.29) is 23.0 Å². The van der Waals surface area contributed by atoms with Crippen LogP contribution < -0.4 is 5.32 Å². The molecule has 26 heavy (non-hydrogen) atoms. The predicted molar refractivity (Wildman–Crippen MR) is 93.3 cm³/mol. The maximum atomic E-state index is 13.1. The average Bonchev–Trinajstić information content (AvgIpc) is 2.83. The third-order valence-corrected chi connectivity index (χ3v) is 9.43. The Morgan fingerprint density at radius 2 is 1.88 bits per heavy atom.